The van der Waals surface area contributed by atoms with Crippen LogP contribution in [0.15, 0.2) is 60.7 Å². The van der Waals surface area contributed by atoms with Crippen molar-refractivity contribution in [1.29, 1.82) is 0 Å². The van der Waals surface area contributed by atoms with Crippen molar-refractivity contribution in [3.05, 3.63) is 66.2 Å². The molecule has 0 aromatic heterocycles. The number of rotatable bonds is 8. The van der Waals surface area contributed by atoms with Gasteiger partial charge in [0.1, 0.15) is 11.8 Å². The largest absolute Gasteiger partial charge is 0.497 e. The second kappa shape index (κ2) is 9.52. The van der Waals surface area contributed by atoms with Crippen LogP contribution < -0.4 is 9.64 Å². The highest BCUT2D eigenvalue weighted by Crippen LogP contribution is 2.22. The third-order valence-electron chi connectivity index (χ3n) is 3.88. The molecular weight excluding hydrogens is 314 g/mol. The Morgan fingerprint density at radius 3 is 2.32 bits per heavy atom. The van der Waals surface area contributed by atoms with Crippen LogP contribution in [0.3, 0.4) is 0 Å². The summed E-state index contributed by atoms with van der Waals surface area (Å²) in [5, 5.41) is 0. The van der Waals surface area contributed by atoms with Crippen LogP contribution in [-0.2, 0) is 9.53 Å². The number of likely N-dealkylation sites (N-methyl/N-ethyl adjacent to an activating group) is 1. The molecule has 4 heteroatoms. The number of nitrogens with zero attached hydrogens (tertiary/aromatic N) is 1. The maximum atomic E-state index is 12.5. The van der Waals surface area contributed by atoms with Crippen molar-refractivity contribution in [2.75, 3.05) is 25.2 Å². The smallest absolute Gasteiger partial charge is 0.332 e. The molecule has 132 valence electrons. The second-order valence-corrected chi connectivity index (χ2v) is 5.45. The van der Waals surface area contributed by atoms with Gasteiger partial charge in [0.2, 0.25) is 0 Å². The Bertz CT molecular complexity index is 680. The zero-order chi connectivity index (χ0) is 18.1. The Kier molecular flexibility index (Phi) is 7.08. The number of methoxy groups -OCH3 is 1. The lowest BCUT2D eigenvalue weighted by molar-refractivity contribution is -0.143. The van der Waals surface area contributed by atoms with E-state index in [1.54, 1.807) is 7.11 Å². The minimum Gasteiger partial charge on any atom is -0.497 e. The van der Waals surface area contributed by atoms with Gasteiger partial charge in [-0.2, -0.15) is 0 Å². The summed E-state index contributed by atoms with van der Waals surface area (Å²) in [4.78, 5) is 14.5. The zero-order valence-corrected chi connectivity index (χ0v) is 15.0. The van der Waals surface area contributed by atoms with Crippen LogP contribution in [0.25, 0.3) is 6.08 Å². The molecule has 0 saturated carbocycles. The molecule has 1 unspecified atom stereocenters. The van der Waals surface area contributed by atoms with Gasteiger partial charge in [-0.1, -0.05) is 42.5 Å². The van der Waals surface area contributed by atoms with Gasteiger partial charge in [-0.25, -0.2) is 4.79 Å². The van der Waals surface area contributed by atoms with Crippen LogP contribution in [-0.4, -0.2) is 32.3 Å². The minimum atomic E-state index is -0.487. The third-order valence-corrected chi connectivity index (χ3v) is 3.88. The molecule has 0 aliphatic carbocycles. The second-order valence-electron chi connectivity index (χ2n) is 5.45. The summed E-state index contributed by atoms with van der Waals surface area (Å²) < 4.78 is 10.5. The summed E-state index contributed by atoms with van der Waals surface area (Å²) in [6.45, 7) is 4.87. The Balaban J connectivity index is 2.30. The van der Waals surface area contributed by atoms with E-state index in [0.29, 0.717) is 13.2 Å². The summed E-state index contributed by atoms with van der Waals surface area (Å²) in [5.74, 6) is 0.527. The molecule has 0 saturated heterocycles. The van der Waals surface area contributed by atoms with Crippen LogP contribution in [0, 0.1) is 0 Å². The van der Waals surface area contributed by atoms with E-state index in [9.17, 15) is 4.79 Å². The summed E-state index contributed by atoms with van der Waals surface area (Å²) in [7, 11) is 1.64. The number of benzene rings is 2. The van der Waals surface area contributed by atoms with Gasteiger partial charge in [0, 0.05) is 12.2 Å². The van der Waals surface area contributed by atoms with Gasteiger partial charge >= 0.3 is 5.97 Å². The van der Waals surface area contributed by atoms with Crippen LogP contribution in [0.2, 0.25) is 0 Å². The molecule has 2 aromatic rings. The number of hydrogen-bond acceptors (Lipinski definition) is 4. The van der Waals surface area contributed by atoms with E-state index in [4.69, 9.17) is 9.47 Å². The number of carbonyl (C=O) groups is 1. The van der Waals surface area contributed by atoms with Gasteiger partial charge < -0.3 is 14.4 Å². The molecule has 2 rings (SSSR count). The maximum absolute atomic E-state index is 12.5. The normalized spacial score (nSPS) is 12.0. The zero-order valence-electron chi connectivity index (χ0n) is 15.0. The van der Waals surface area contributed by atoms with Crippen LogP contribution in [0.5, 0.6) is 5.75 Å². The quantitative estimate of drug-likeness (QED) is 0.677. The number of ether oxygens (including phenoxy) is 2. The number of anilines is 1. The lowest BCUT2D eigenvalue weighted by atomic mass is 10.1. The Morgan fingerprint density at radius 2 is 1.76 bits per heavy atom. The molecule has 1 atom stereocenters. The molecule has 0 bridgehead atoms. The number of esters is 1. The van der Waals surface area contributed by atoms with E-state index in [2.05, 4.69) is 0 Å². The molecule has 0 N–H and O–H groups in total. The highest BCUT2D eigenvalue weighted by Gasteiger charge is 2.24. The lowest BCUT2D eigenvalue weighted by Crippen LogP contribution is -2.41. The minimum absolute atomic E-state index is 0.257. The monoisotopic (exact) mass is 339 g/mol. The average molecular weight is 339 g/mol. The van der Waals surface area contributed by atoms with Gasteiger partial charge in [-0.05, 0) is 43.7 Å². The molecule has 0 heterocycles. The Morgan fingerprint density at radius 1 is 1.08 bits per heavy atom. The molecule has 2 aromatic carbocycles. The molecule has 0 aliphatic rings. The van der Waals surface area contributed by atoms with E-state index < -0.39 is 6.04 Å². The fourth-order valence-corrected chi connectivity index (χ4v) is 2.62. The SMILES string of the molecule is CCOC(=O)C(/C=C/c1ccccc1)N(CC)c1ccc(OC)cc1. The van der Waals surface area contributed by atoms with Crippen LogP contribution in [0.1, 0.15) is 19.4 Å². The first-order valence-corrected chi connectivity index (χ1v) is 8.50. The lowest BCUT2D eigenvalue weighted by Gasteiger charge is -2.29. The van der Waals surface area contributed by atoms with Crippen molar-refractivity contribution in [3.63, 3.8) is 0 Å². The van der Waals surface area contributed by atoms with E-state index in [0.717, 1.165) is 17.0 Å². The van der Waals surface area contributed by atoms with Crippen molar-refractivity contribution in [3.8, 4) is 5.75 Å². The fraction of sp³-hybridized carbons (Fsp3) is 0.286. The van der Waals surface area contributed by atoms with Gasteiger partial charge in [-0.3, -0.25) is 0 Å². The maximum Gasteiger partial charge on any atom is 0.332 e. The topological polar surface area (TPSA) is 38.8 Å². The van der Waals surface area contributed by atoms with Crippen molar-refractivity contribution < 1.29 is 14.3 Å². The molecule has 0 fully saturated rings. The predicted octanol–water partition coefficient (Wildman–Crippen LogP) is 4.17. The van der Waals surface area contributed by atoms with Gasteiger partial charge in [0.25, 0.3) is 0 Å². The van der Waals surface area contributed by atoms with E-state index in [-0.39, 0.29) is 5.97 Å². The summed E-state index contributed by atoms with van der Waals surface area (Å²) in [6, 6.07) is 17.1. The molecule has 0 spiro atoms. The van der Waals surface area contributed by atoms with Gasteiger partial charge in [0.15, 0.2) is 0 Å². The first kappa shape index (κ1) is 18.6. The number of carbonyl (C=O) groups excluding carboxylic acids is 1. The molecule has 0 radical (unpaired) electrons. The Hall–Kier alpha value is -2.75. The van der Waals surface area contributed by atoms with Gasteiger partial charge in [-0.15, -0.1) is 0 Å². The molecule has 25 heavy (non-hydrogen) atoms. The summed E-state index contributed by atoms with van der Waals surface area (Å²) >= 11 is 0. The standard InChI is InChI=1S/C21H25NO3/c1-4-22(18-12-14-19(24-3)15-13-18)20(21(23)25-5-2)16-11-17-9-7-6-8-10-17/h6-16,20H,4-5H2,1-3H3/b16-11+. The number of hydrogen-bond donors (Lipinski definition) is 0. The van der Waals surface area contributed by atoms with Crippen molar-refractivity contribution >= 4 is 17.7 Å². The van der Waals surface area contributed by atoms with E-state index in [1.807, 2.05) is 85.5 Å². The average Bonchev–Trinajstić information content (AvgIpc) is 2.66. The molecule has 4 nitrogen and oxygen atoms in total. The first-order valence-electron chi connectivity index (χ1n) is 8.50. The molecule has 0 amide bonds. The van der Waals surface area contributed by atoms with Crippen LogP contribution >= 0.6 is 0 Å². The highest BCUT2D eigenvalue weighted by molar-refractivity contribution is 5.83. The Labute approximate surface area is 149 Å². The third kappa shape index (κ3) is 5.11. The predicted molar refractivity (Wildman–Crippen MR) is 102 cm³/mol. The van der Waals surface area contributed by atoms with Gasteiger partial charge in [0.05, 0.1) is 13.7 Å². The van der Waals surface area contributed by atoms with Crippen molar-refractivity contribution in [2.45, 2.75) is 19.9 Å². The van der Waals surface area contributed by atoms with Crippen LogP contribution in [0.4, 0.5) is 5.69 Å². The van der Waals surface area contributed by atoms with E-state index in [1.165, 1.54) is 0 Å². The fourth-order valence-electron chi connectivity index (χ4n) is 2.62. The van der Waals surface area contributed by atoms with Crippen molar-refractivity contribution in [2.24, 2.45) is 0 Å². The molecular formula is C21H25NO3. The van der Waals surface area contributed by atoms with Crippen molar-refractivity contribution in [1.82, 2.24) is 0 Å². The summed E-state index contributed by atoms with van der Waals surface area (Å²) in [5.41, 5.74) is 1.99. The molecule has 0 aliphatic heterocycles. The summed E-state index contributed by atoms with van der Waals surface area (Å²) in [6.07, 6.45) is 3.84. The van der Waals surface area contributed by atoms with E-state index >= 15 is 0 Å². The first-order chi connectivity index (χ1) is 12.2. The highest BCUT2D eigenvalue weighted by atomic mass is 16.5.